The molecule has 5 rings (SSSR count). The third kappa shape index (κ3) is 5.72. The minimum atomic E-state index is -0.382. The number of nitrogens with zero attached hydrogens (tertiary/aromatic N) is 3. The van der Waals surface area contributed by atoms with E-state index in [1.165, 1.54) is 0 Å². The Morgan fingerprint density at radius 1 is 1.12 bits per heavy atom. The highest BCUT2D eigenvalue weighted by Crippen LogP contribution is 2.21. The molecule has 0 spiro atoms. The number of aromatic nitrogens is 2. The van der Waals surface area contributed by atoms with Crippen LogP contribution in [0.25, 0.3) is 11.0 Å². The molecule has 0 aliphatic carbocycles. The van der Waals surface area contributed by atoms with Crippen LogP contribution in [0.5, 0.6) is 0 Å². The molecule has 1 atom stereocenters. The Hall–Kier alpha value is -3.01. The standard InChI is InChI=1S/C25H31N5O4/c31-24(29-34-23-7-3-4-12-32-23)20-15-27-25(28-16-20)30-10-8-18(9-11-30)14-26-17-21-13-19-5-1-2-6-22(19)33-21/h1-2,5-6,13,15-16,18,23,26H,3-4,7-12,14,17H2,(H,29,31). The summed E-state index contributed by atoms with van der Waals surface area (Å²) in [5.74, 6) is 1.86. The van der Waals surface area contributed by atoms with Crippen LogP contribution in [-0.4, -0.2) is 48.4 Å². The highest BCUT2D eigenvalue weighted by Gasteiger charge is 2.22. The van der Waals surface area contributed by atoms with Crippen LogP contribution < -0.4 is 15.7 Å². The molecule has 34 heavy (non-hydrogen) atoms. The van der Waals surface area contributed by atoms with Crippen molar-refractivity contribution in [3.05, 3.63) is 54.0 Å². The lowest BCUT2D eigenvalue weighted by Crippen LogP contribution is -2.38. The third-order valence-corrected chi connectivity index (χ3v) is 6.43. The van der Waals surface area contributed by atoms with Crippen LogP contribution >= 0.6 is 0 Å². The molecule has 0 radical (unpaired) electrons. The Morgan fingerprint density at radius 2 is 1.94 bits per heavy atom. The molecule has 9 nitrogen and oxygen atoms in total. The molecule has 1 amide bonds. The van der Waals surface area contributed by atoms with Crippen molar-refractivity contribution in [2.75, 3.05) is 31.1 Å². The van der Waals surface area contributed by atoms with Gasteiger partial charge in [0.25, 0.3) is 5.91 Å². The van der Waals surface area contributed by atoms with Crippen molar-refractivity contribution < 1.29 is 18.8 Å². The highest BCUT2D eigenvalue weighted by atomic mass is 16.8. The molecule has 9 heteroatoms. The van der Waals surface area contributed by atoms with E-state index in [2.05, 4.69) is 37.8 Å². The lowest BCUT2D eigenvalue weighted by atomic mass is 9.97. The first kappa shape index (κ1) is 22.8. The number of carbonyl (C=O) groups is 1. The van der Waals surface area contributed by atoms with Crippen molar-refractivity contribution >= 4 is 22.8 Å². The molecule has 0 bridgehead atoms. The van der Waals surface area contributed by atoms with Crippen LogP contribution in [0.4, 0.5) is 5.95 Å². The van der Waals surface area contributed by atoms with E-state index in [0.717, 1.165) is 75.0 Å². The van der Waals surface area contributed by atoms with Crippen molar-refractivity contribution in [1.82, 2.24) is 20.8 Å². The number of hydroxylamine groups is 1. The van der Waals surface area contributed by atoms with Gasteiger partial charge in [0.05, 0.1) is 12.1 Å². The van der Waals surface area contributed by atoms with E-state index < -0.39 is 0 Å². The molecule has 1 unspecified atom stereocenters. The molecule has 2 N–H and O–H groups in total. The molecule has 1 aromatic carbocycles. The average molecular weight is 466 g/mol. The maximum absolute atomic E-state index is 12.3. The lowest BCUT2D eigenvalue weighted by molar-refractivity contribution is -0.186. The Kier molecular flexibility index (Phi) is 7.33. The molecular weight excluding hydrogens is 434 g/mol. The molecule has 4 heterocycles. The smallest absolute Gasteiger partial charge is 0.278 e. The van der Waals surface area contributed by atoms with Gasteiger partial charge < -0.3 is 19.4 Å². The van der Waals surface area contributed by atoms with E-state index in [4.69, 9.17) is 14.0 Å². The second-order valence-corrected chi connectivity index (χ2v) is 8.93. The summed E-state index contributed by atoms with van der Waals surface area (Å²) in [5.41, 5.74) is 3.74. The van der Waals surface area contributed by atoms with E-state index in [1.807, 2.05) is 18.2 Å². The molecular formula is C25H31N5O4. The summed E-state index contributed by atoms with van der Waals surface area (Å²) < 4.78 is 11.3. The molecule has 2 aliphatic rings. The SMILES string of the molecule is O=C(NOC1CCCCO1)c1cnc(N2CCC(CNCc3cc4ccccc4o3)CC2)nc1. The van der Waals surface area contributed by atoms with E-state index in [1.54, 1.807) is 12.4 Å². The molecule has 2 fully saturated rings. The van der Waals surface area contributed by atoms with Crippen LogP contribution in [-0.2, 0) is 16.1 Å². The first-order valence-electron chi connectivity index (χ1n) is 12.1. The zero-order chi connectivity index (χ0) is 23.2. The maximum Gasteiger partial charge on any atom is 0.278 e. The molecule has 2 aromatic heterocycles. The molecule has 180 valence electrons. The van der Waals surface area contributed by atoms with Crippen molar-refractivity contribution in [2.24, 2.45) is 5.92 Å². The molecule has 2 saturated heterocycles. The Balaban J connectivity index is 1.03. The number of fused-ring (bicyclic) bond motifs is 1. The molecule has 3 aromatic rings. The monoisotopic (exact) mass is 465 g/mol. The fourth-order valence-corrected chi connectivity index (χ4v) is 4.44. The predicted octanol–water partition coefficient (Wildman–Crippen LogP) is 3.42. The number of piperidine rings is 1. The summed E-state index contributed by atoms with van der Waals surface area (Å²) in [6.45, 7) is 4.13. The van der Waals surface area contributed by atoms with Gasteiger partial charge in [-0.3, -0.25) is 4.79 Å². The van der Waals surface area contributed by atoms with E-state index >= 15 is 0 Å². The predicted molar refractivity (Wildman–Crippen MR) is 127 cm³/mol. The second-order valence-electron chi connectivity index (χ2n) is 8.93. The van der Waals surface area contributed by atoms with Crippen LogP contribution in [0.15, 0.2) is 47.1 Å². The number of ether oxygens (including phenoxy) is 1. The normalized spacial score (nSPS) is 19.4. The van der Waals surface area contributed by atoms with Crippen molar-refractivity contribution in [2.45, 2.75) is 44.9 Å². The first-order valence-corrected chi connectivity index (χ1v) is 12.1. The van der Waals surface area contributed by atoms with Gasteiger partial charge in [0.1, 0.15) is 11.3 Å². The van der Waals surface area contributed by atoms with Crippen LogP contribution in [0.3, 0.4) is 0 Å². The summed E-state index contributed by atoms with van der Waals surface area (Å²) in [7, 11) is 0. The fourth-order valence-electron chi connectivity index (χ4n) is 4.44. The summed E-state index contributed by atoms with van der Waals surface area (Å²) in [6.07, 6.45) is 7.68. The van der Waals surface area contributed by atoms with Crippen molar-refractivity contribution in [1.29, 1.82) is 0 Å². The van der Waals surface area contributed by atoms with E-state index in [-0.39, 0.29) is 12.2 Å². The van der Waals surface area contributed by atoms with E-state index in [9.17, 15) is 4.79 Å². The van der Waals surface area contributed by atoms with Gasteiger partial charge in [-0.15, -0.1) is 0 Å². The number of carbonyl (C=O) groups excluding carboxylic acids is 1. The number of amides is 1. The van der Waals surface area contributed by atoms with Gasteiger partial charge in [0, 0.05) is 43.9 Å². The lowest BCUT2D eigenvalue weighted by Gasteiger charge is -2.32. The van der Waals surface area contributed by atoms with Gasteiger partial charge in [-0.1, -0.05) is 18.2 Å². The van der Waals surface area contributed by atoms with Crippen LogP contribution in [0, 0.1) is 5.92 Å². The molecule has 0 saturated carbocycles. The number of rotatable bonds is 8. The largest absolute Gasteiger partial charge is 0.460 e. The fraction of sp³-hybridized carbons (Fsp3) is 0.480. The van der Waals surface area contributed by atoms with E-state index in [0.29, 0.717) is 24.0 Å². The van der Waals surface area contributed by atoms with Crippen LogP contribution in [0.1, 0.15) is 48.2 Å². The quantitative estimate of drug-likeness (QED) is 0.488. The van der Waals surface area contributed by atoms with Gasteiger partial charge in [0.15, 0.2) is 6.29 Å². The number of para-hydroxylation sites is 1. The van der Waals surface area contributed by atoms with Gasteiger partial charge >= 0.3 is 0 Å². The minimum Gasteiger partial charge on any atom is -0.460 e. The number of hydrogen-bond acceptors (Lipinski definition) is 8. The zero-order valence-corrected chi connectivity index (χ0v) is 19.2. The zero-order valence-electron chi connectivity index (χ0n) is 19.2. The van der Waals surface area contributed by atoms with Crippen molar-refractivity contribution in [3.8, 4) is 0 Å². The number of benzene rings is 1. The van der Waals surface area contributed by atoms with Crippen molar-refractivity contribution in [3.63, 3.8) is 0 Å². The number of hydrogen-bond donors (Lipinski definition) is 2. The Bertz CT molecular complexity index is 1040. The molecule has 2 aliphatic heterocycles. The first-order chi connectivity index (χ1) is 16.7. The summed E-state index contributed by atoms with van der Waals surface area (Å²) in [5, 5.41) is 4.67. The average Bonchev–Trinajstić information content (AvgIpc) is 3.31. The van der Waals surface area contributed by atoms with Gasteiger partial charge in [0.2, 0.25) is 5.95 Å². The Labute approximate surface area is 198 Å². The maximum atomic E-state index is 12.3. The van der Waals surface area contributed by atoms with Crippen LogP contribution in [0.2, 0.25) is 0 Å². The minimum absolute atomic E-state index is 0.365. The van der Waals surface area contributed by atoms with Gasteiger partial charge in [-0.2, -0.15) is 0 Å². The summed E-state index contributed by atoms with van der Waals surface area (Å²) in [4.78, 5) is 28.6. The van der Waals surface area contributed by atoms with Gasteiger partial charge in [-0.25, -0.2) is 20.3 Å². The third-order valence-electron chi connectivity index (χ3n) is 6.43. The highest BCUT2D eigenvalue weighted by molar-refractivity contribution is 5.92. The number of anilines is 1. The topological polar surface area (TPSA) is 102 Å². The summed E-state index contributed by atoms with van der Waals surface area (Å²) in [6, 6.07) is 10.2. The number of nitrogens with one attached hydrogen (secondary N) is 2. The van der Waals surface area contributed by atoms with Gasteiger partial charge in [-0.05, 0) is 50.3 Å². The second kappa shape index (κ2) is 10.9. The summed E-state index contributed by atoms with van der Waals surface area (Å²) >= 11 is 0. The number of furan rings is 1. The Morgan fingerprint density at radius 3 is 2.71 bits per heavy atom.